The van der Waals surface area contributed by atoms with Gasteiger partial charge in [0.05, 0.1) is 39.9 Å². The van der Waals surface area contributed by atoms with E-state index in [-0.39, 0.29) is 24.8 Å². The quantitative estimate of drug-likeness (QED) is 0.0898. The van der Waals surface area contributed by atoms with Gasteiger partial charge in [-0.2, -0.15) is 8.78 Å². The lowest BCUT2D eigenvalue weighted by atomic mass is 9.94. The Morgan fingerprint density at radius 1 is 1.31 bits per heavy atom. The standard InChI is InChI=1S/C20H32F3N5O4/c1-7-15(21)17(18(29)32-6)14(10-31-5)8-25-12-26-9-16(24)28(4)19(30)20(22,23)11-27-13(2)3/h7,9-10,13,15,17,24-25,27H,1,8,11-12H2,2-6H3. The Kier molecular flexibility index (Phi) is 13.1. The molecule has 0 aliphatic rings. The van der Waals surface area contributed by atoms with E-state index >= 15 is 0 Å². The van der Waals surface area contributed by atoms with Gasteiger partial charge in [0.25, 0.3) is 5.91 Å². The molecule has 182 valence electrons. The first-order valence-electron chi connectivity index (χ1n) is 9.67. The van der Waals surface area contributed by atoms with Crippen LogP contribution in [0.15, 0.2) is 29.5 Å². The fraction of sp³-hybridized carbons (Fsp3) is 0.600. The molecule has 3 N–H and O–H groups in total. The van der Waals surface area contributed by atoms with Crippen LogP contribution in [0.5, 0.6) is 0 Å². The smallest absolute Gasteiger partial charge is 0.337 e. The maximum atomic E-state index is 14.1. The number of carbonyl (C=O) groups excluding carboxylic acids is 2. The summed E-state index contributed by atoms with van der Waals surface area (Å²) in [6.45, 7) is 5.66. The van der Waals surface area contributed by atoms with Crippen molar-refractivity contribution in [1.82, 2.24) is 15.5 Å². The average molecular weight is 464 g/mol. The second-order valence-electron chi connectivity index (χ2n) is 7.00. The van der Waals surface area contributed by atoms with Gasteiger partial charge in [0.15, 0.2) is 0 Å². The minimum absolute atomic E-state index is 0.0275. The van der Waals surface area contributed by atoms with E-state index in [9.17, 15) is 22.8 Å². The molecule has 0 aromatic heterocycles. The van der Waals surface area contributed by atoms with Crippen molar-refractivity contribution in [1.29, 1.82) is 5.41 Å². The largest absolute Gasteiger partial charge is 0.504 e. The number of halogens is 3. The molecule has 0 heterocycles. The van der Waals surface area contributed by atoms with Crippen LogP contribution in [0, 0.1) is 11.3 Å². The minimum Gasteiger partial charge on any atom is -0.504 e. The summed E-state index contributed by atoms with van der Waals surface area (Å²) in [5.41, 5.74) is 0.224. The van der Waals surface area contributed by atoms with Gasteiger partial charge >= 0.3 is 11.9 Å². The predicted molar refractivity (Wildman–Crippen MR) is 116 cm³/mol. The van der Waals surface area contributed by atoms with Crippen molar-refractivity contribution in [3.63, 3.8) is 0 Å². The van der Waals surface area contributed by atoms with E-state index in [2.05, 4.69) is 26.9 Å². The van der Waals surface area contributed by atoms with Crippen LogP contribution < -0.4 is 10.6 Å². The van der Waals surface area contributed by atoms with Crippen molar-refractivity contribution in [2.24, 2.45) is 10.9 Å². The van der Waals surface area contributed by atoms with E-state index in [1.54, 1.807) is 13.8 Å². The number of aliphatic imine (C=N–C) groups is 1. The number of nitrogens with zero attached hydrogens (tertiary/aromatic N) is 2. The number of ether oxygens (including phenoxy) is 2. The van der Waals surface area contributed by atoms with Gasteiger partial charge in [-0.25, -0.2) is 4.39 Å². The van der Waals surface area contributed by atoms with Gasteiger partial charge in [-0.3, -0.25) is 30.2 Å². The zero-order valence-electron chi connectivity index (χ0n) is 19.0. The fourth-order valence-corrected chi connectivity index (χ4v) is 2.37. The molecule has 2 atom stereocenters. The number of amides is 1. The highest BCUT2D eigenvalue weighted by molar-refractivity contribution is 6.31. The number of methoxy groups -OCH3 is 2. The first kappa shape index (κ1) is 29.3. The van der Waals surface area contributed by atoms with Gasteiger partial charge in [0, 0.05) is 19.6 Å². The molecule has 0 fully saturated rings. The van der Waals surface area contributed by atoms with Crippen molar-refractivity contribution in [2.45, 2.75) is 32.0 Å². The van der Waals surface area contributed by atoms with Crippen LogP contribution in [0.4, 0.5) is 13.2 Å². The average Bonchev–Trinajstić information content (AvgIpc) is 2.75. The van der Waals surface area contributed by atoms with Gasteiger partial charge in [-0.1, -0.05) is 19.9 Å². The van der Waals surface area contributed by atoms with E-state index in [0.717, 1.165) is 26.4 Å². The van der Waals surface area contributed by atoms with Gasteiger partial charge in [-0.15, -0.1) is 6.58 Å². The van der Waals surface area contributed by atoms with Crippen LogP contribution in [-0.4, -0.2) is 88.0 Å². The Morgan fingerprint density at radius 3 is 2.44 bits per heavy atom. The maximum absolute atomic E-state index is 14.1. The molecule has 0 aromatic rings. The summed E-state index contributed by atoms with van der Waals surface area (Å²) in [7, 11) is 3.50. The summed E-state index contributed by atoms with van der Waals surface area (Å²) >= 11 is 0. The molecule has 0 aromatic carbocycles. The summed E-state index contributed by atoms with van der Waals surface area (Å²) in [5, 5.41) is 13.0. The molecule has 12 heteroatoms. The summed E-state index contributed by atoms with van der Waals surface area (Å²) in [5.74, 6) is -7.87. The second-order valence-corrected chi connectivity index (χ2v) is 7.00. The van der Waals surface area contributed by atoms with E-state index < -0.39 is 42.3 Å². The zero-order chi connectivity index (χ0) is 24.9. The third-order valence-corrected chi connectivity index (χ3v) is 4.12. The second kappa shape index (κ2) is 14.4. The summed E-state index contributed by atoms with van der Waals surface area (Å²) in [4.78, 5) is 28.2. The molecule has 0 spiro atoms. The monoisotopic (exact) mass is 463 g/mol. The Morgan fingerprint density at radius 2 is 1.94 bits per heavy atom. The van der Waals surface area contributed by atoms with Crippen LogP contribution >= 0.6 is 0 Å². The van der Waals surface area contributed by atoms with Crippen LogP contribution in [-0.2, 0) is 19.1 Å². The lowest BCUT2D eigenvalue weighted by Gasteiger charge is -2.23. The van der Waals surface area contributed by atoms with Gasteiger partial charge < -0.3 is 14.8 Å². The predicted octanol–water partition coefficient (Wildman–Crippen LogP) is 1.52. The number of amidine groups is 1. The Bertz CT molecular complexity index is 713. The molecule has 0 aliphatic heterocycles. The summed E-state index contributed by atoms with van der Waals surface area (Å²) in [6.07, 6.45) is 1.37. The molecule has 0 bridgehead atoms. The van der Waals surface area contributed by atoms with E-state index in [1.807, 2.05) is 0 Å². The molecule has 32 heavy (non-hydrogen) atoms. The van der Waals surface area contributed by atoms with E-state index in [4.69, 9.17) is 10.1 Å². The number of nitrogens with one attached hydrogen (secondary N) is 3. The number of hydrogen-bond donors (Lipinski definition) is 3. The van der Waals surface area contributed by atoms with Crippen molar-refractivity contribution in [3.05, 3.63) is 24.5 Å². The van der Waals surface area contributed by atoms with Crippen molar-refractivity contribution >= 4 is 23.9 Å². The lowest BCUT2D eigenvalue weighted by molar-refractivity contribution is -0.151. The number of alkyl halides is 3. The number of hydrogen-bond acceptors (Lipinski definition) is 8. The SMILES string of the molecule is C=CC(F)C(C(=O)OC)C(=COC)CNCN=CC(=N)N(C)C(=O)C(F)(F)CNC(C)C. The number of carbonyl (C=O) groups is 2. The van der Waals surface area contributed by atoms with Crippen molar-refractivity contribution < 1.29 is 32.2 Å². The van der Waals surface area contributed by atoms with Crippen LogP contribution in [0.1, 0.15) is 13.8 Å². The summed E-state index contributed by atoms with van der Waals surface area (Å²) < 4.78 is 51.6. The summed E-state index contributed by atoms with van der Waals surface area (Å²) in [6, 6.07) is -0.235. The third-order valence-electron chi connectivity index (χ3n) is 4.12. The van der Waals surface area contributed by atoms with Gasteiger partial charge in [0.2, 0.25) is 0 Å². The first-order valence-corrected chi connectivity index (χ1v) is 9.67. The minimum atomic E-state index is -3.69. The Balaban J connectivity index is 4.93. The molecule has 2 unspecified atom stereocenters. The normalized spacial score (nSPS) is 14.2. The molecule has 0 saturated heterocycles. The van der Waals surface area contributed by atoms with Crippen molar-refractivity contribution in [3.8, 4) is 0 Å². The third kappa shape index (κ3) is 9.60. The highest BCUT2D eigenvalue weighted by atomic mass is 19.3. The molecule has 9 nitrogen and oxygen atoms in total. The molecule has 0 radical (unpaired) electrons. The Labute approximate surface area is 186 Å². The number of rotatable bonds is 14. The van der Waals surface area contributed by atoms with Gasteiger partial charge in [0.1, 0.15) is 17.9 Å². The highest BCUT2D eigenvalue weighted by Crippen LogP contribution is 2.21. The zero-order valence-corrected chi connectivity index (χ0v) is 19.0. The molecular weight excluding hydrogens is 431 g/mol. The Hall–Kier alpha value is -2.73. The molecule has 0 saturated carbocycles. The van der Waals surface area contributed by atoms with Crippen LogP contribution in [0.25, 0.3) is 0 Å². The first-order chi connectivity index (χ1) is 14.9. The molecule has 0 rings (SSSR count). The topological polar surface area (TPSA) is 116 Å². The van der Waals surface area contributed by atoms with Crippen LogP contribution in [0.3, 0.4) is 0 Å². The van der Waals surface area contributed by atoms with E-state index in [1.165, 1.54) is 13.4 Å². The lowest BCUT2D eigenvalue weighted by Crippen LogP contribution is -2.50. The number of allylic oxidation sites excluding steroid dienone is 1. The molecule has 0 aliphatic carbocycles. The van der Waals surface area contributed by atoms with Gasteiger partial charge in [-0.05, 0) is 5.57 Å². The van der Waals surface area contributed by atoms with Crippen LogP contribution in [0.2, 0.25) is 0 Å². The molecule has 1 amide bonds. The fourth-order valence-electron chi connectivity index (χ4n) is 2.37. The highest BCUT2D eigenvalue weighted by Gasteiger charge is 2.41. The number of esters is 1. The molecular formula is C20H32F3N5O4. The van der Waals surface area contributed by atoms with E-state index in [0.29, 0.717) is 4.90 Å². The maximum Gasteiger partial charge on any atom is 0.337 e. The van der Waals surface area contributed by atoms with Crippen molar-refractivity contribution in [2.75, 3.05) is 41.0 Å².